The predicted molar refractivity (Wildman–Crippen MR) is 115 cm³/mol. The van der Waals surface area contributed by atoms with Crippen LogP contribution in [0.5, 0.6) is 23.0 Å². The molecule has 30 heavy (non-hydrogen) atoms. The first-order chi connectivity index (χ1) is 14.5. The number of aryl methyl sites for hydroxylation is 2. The Morgan fingerprint density at radius 3 is 1.80 bits per heavy atom. The Balaban J connectivity index is 2.25. The summed E-state index contributed by atoms with van der Waals surface area (Å²) in [4.78, 5) is 13.3. The summed E-state index contributed by atoms with van der Waals surface area (Å²) in [6.07, 6.45) is 1.93. The van der Waals surface area contributed by atoms with E-state index in [4.69, 9.17) is 23.7 Å². The van der Waals surface area contributed by atoms with Crippen molar-refractivity contribution < 1.29 is 28.5 Å². The van der Waals surface area contributed by atoms with Gasteiger partial charge in [0.1, 0.15) is 0 Å². The van der Waals surface area contributed by atoms with Crippen LogP contribution in [0.15, 0.2) is 30.3 Å². The zero-order valence-electron chi connectivity index (χ0n) is 18.6. The Hall–Kier alpha value is -3.09. The zero-order chi connectivity index (χ0) is 22.1. The van der Waals surface area contributed by atoms with Crippen molar-refractivity contribution in [3.63, 3.8) is 0 Å². The van der Waals surface area contributed by atoms with E-state index in [1.807, 2.05) is 30.3 Å². The van der Waals surface area contributed by atoms with Crippen molar-refractivity contribution in [1.29, 1.82) is 0 Å². The van der Waals surface area contributed by atoms with Crippen molar-refractivity contribution in [1.82, 2.24) is 4.90 Å². The third kappa shape index (κ3) is 5.72. The SMILES string of the molecule is COC(=O)N(C)CCc1cc(OC)c(OC)cc1CCc1ccc(OC)c(OC)c1. The molecule has 0 aromatic heterocycles. The van der Waals surface area contributed by atoms with E-state index in [1.165, 1.54) is 7.11 Å². The number of amides is 1. The van der Waals surface area contributed by atoms with Gasteiger partial charge in [-0.1, -0.05) is 6.07 Å². The van der Waals surface area contributed by atoms with Crippen LogP contribution in [0, 0.1) is 0 Å². The number of ether oxygens (including phenoxy) is 5. The maximum absolute atomic E-state index is 11.7. The molecule has 0 spiro atoms. The first kappa shape index (κ1) is 23.2. The Kier molecular flexibility index (Phi) is 8.65. The number of carbonyl (C=O) groups is 1. The highest BCUT2D eigenvalue weighted by Gasteiger charge is 2.14. The number of hydrogen-bond donors (Lipinski definition) is 0. The van der Waals surface area contributed by atoms with Crippen molar-refractivity contribution in [2.24, 2.45) is 0 Å². The van der Waals surface area contributed by atoms with Crippen LogP contribution in [0.2, 0.25) is 0 Å². The molecule has 2 aromatic rings. The molecule has 0 saturated carbocycles. The molecule has 7 nitrogen and oxygen atoms in total. The number of rotatable bonds is 10. The highest BCUT2D eigenvalue weighted by molar-refractivity contribution is 5.67. The lowest BCUT2D eigenvalue weighted by atomic mass is 9.96. The minimum atomic E-state index is -0.359. The molecule has 0 bridgehead atoms. The summed E-state index contributed by atoms with van der Waals surface area (Å²) in [5.74, 6) is 2.77. The molecular formula is C23H31NO6. The molecule has 0 radical (unpaired) electrons. The van der Waals surface area contributed by atoms with Gasteiger partial charge in [0.2, 0.25) is 0 Å². The van der Waals surface area contributed by atoms with E-state index < -0.39 is 0 Å². The minimum absolute atomic E-state index is 0.359. The normalized spacial score (nSPS) is 10.3. The smallest absolute Gasteiger partial charge is 0.409 e. The summed E-state index contributed by atoms with van der Waals surface area (Å²) >= 11 is 0. The molecule has 0 aliphatic rings. The predicted octanol–water partition coefficient (Wildman–Crippen LogP) is 3.75. The summed E-state index contributed by atoms with van der Waals surface area (Å²) < 4.78 is 26.4. The number of carbonyl (C=O) groups excluding carboxylic acids is 1. The highest BCUT2D eigenvalue weighted by atomic mass is 16.5. The van der Waals surface area contributed by atoms with E-state index in [1.54, 1.807) is 40.4 Å². The molecule has 1 amide bonds. The molecule has 164 valence electrons. The summed E-state index contributed by atoms with van der Waals surface area (Å²) in [6, 6.07) is 9.92. The van der Waals surface area contributed by atoms with Crippen LogP contribution in [0.1, 0.15) is 16.7 Å². The van der Waals surface area contributed by atoms with E-state index in [0.29, 0.717) is 36.0 Å². The molecule has 0 heterocycles. The summed E-state index contributed by atoms with van der Waals surface area (Å²) in [7, 11) is 9.59. The van der Waals surface area contributed by atoms with Crippen LogP contribution >= 0.6 is 0 Å². The zero-order valence-corrected chi connectivity index (χ0v) is 18.6. The van der Waals surface area contributed by atoms with Crippen molar-refractivity contribution in [2.45, 2.75) is 19.3 Å². The van der Waals surface area contributed by atoms with Crippen LogP contribution in [0.4, 0.5) is 4.79 Å². The monoisotopic (exact) mass is 417 g/mol. The first-order valence-electron chi connectivity index (χ1n) is 9.71. The van der Waals surface area contributed by atoms with Gasteiger partial charge in [0.25, 0.3) is 0 Å². The number of methoxy groups -OCH3 is 5. The van der Waals surface area contributed by atoms with Gasteiger partial charge in [-0.3, -0.25) is 0 Å². The molecule has 7 heteroatoms. The molecule has 2 rings (SSSR count). The van der Waals surface area contributed by atoms with E-state index in [2.05, 4.69) is 0 Å². The molecule has 0 atom stereocenters. The number of likely N-dealkylation sites (N-methyl/N-ethyl adjacent to an activating group) is 1. The van der Waals surface area contributed by atoms with Gasteiger partial charge in [-0.2, -0.15) is 0 Å². The molecule has 0 aliphatic heterocycles. The maximum Gasteiger partial charge on any atom is 0.409 e. The Bertz CT molecular complexity index is 852. The fourth-order valence-electron chi connectivity index (χ4n) is 3.28. The molecule has 0 fully saturated rings. The van der Waals surface area contributed by atoms with Gasteiger partial charge in [-0.15, -0.1) is 0 Å². The Morgan fingerprint density at radius 2 is 1.27 bits per heavy atom. The van der Waals surface area contributed by atoms with Gasteiger partial charge in [-0.25, -0.2) is 4.79 Å². The Morgan fingerprint density at radius 1 is 0.733 bits per heavy atom. The highest BCUT2D eigenvalue weighted by Crippen LogP contribution is 2.32. The summed E-state index contributed by atoms with van der Waals surface area (Å²) in [5.41, 5.74) is 3.38. The van der Waals surface area contributed by atoms with Gasteiger partial charge in [0.15, 0.2) is 23.0 Å². The van der Waals surface area contributed by atoms with Crippen LogP contribution in [-0.4, -0.2) is 60.1 Å². The number of hydrogen-bond acceptors (Lipinski definition) is 6. The molecule has 0 aliphatic carbocycles. The maximum atomic E-state index is 11.7. The Labute approximate surface area is 178 Å². The largest absolute Gasteiger partial charge is 0.493 e. The van der Waals surface area contributed by atoms with E-state index in [9.17, 15) is 4.79 Å². The molecule has 0 saturated heterocycles. The van der Waals surface area contributed by atoms with Crippen molar-refractivity contribution in [3.8, 4) is 23.0 Å². The third-order valence-corrected chi connectivity index (χ3v) is 5.04. The fraction of sp³-hybridized carbons (Fsp3) is 0.435. The van der Waals surface area contributed by atoms with Crippen LogP contribution < -0.4 is 18.9 Å². The molecule has 2 aromatic carbocycles. The van der Waals surface area contributed by atoms with Crippen LogP contribution in [0.3, 0.4) is 0 Å². The second-order valence-electron chi connectivity index (χ2n) is 6.81. The van der Waals surface area contributed by atoms with Crippen LogP contribution in [0.25, 0.3) is 0 Å². The van der Waals surface area contributed by atoms with E-state index >= 15 is 0 Å². The lowest BCUT2D eigenvalue weighted by molar-refractivity contribution is 0.134. The third-order valence-electron chi connectivity index (χ3n) is 5.04. The fourth-order valence-corrected chi connectivity index (χ4v) is 3.28. The average molecular weight is 418 g/mol. The van der Waals surface area contributed by atoms with Gasteiger partial charge < -0.3 is 28.6 Å². The average Bonchev–Trinajstić information content (AvgIpc) is 2.79. The molecular weight excluding hydrogens is 386 g/mol. The molecule has 0 unspecified atom stereocenters. The second-order valence-corrected chi connectivity index (χ2v) is 6.81. The topological polar surface area (TPSA) is 66.5 Å². The van der Waals surface area contributed by atoms with Crippen LogP contribution in [-0.2, 0) is 24.0 Å². The van der Waals surface area contributed by atoms with Gasteiger partial charge in [0.05, 0.1) is 35.5 Å². The van der Waals surface area contributed by atoms with E-state index in [-0.39, 0.29) is 6.09 Å². The van der Waals surface area contributed by atoms with Gasteiger partial charge in [0, 0.05) is 13.6 Å². The lowest BCUT2D eigenvalue weighted by Gasteiger charge is -2.19. The standard InChI is InChI=1S/C23H31NO6/c1-24(23(25)30-6)12-11-18-15-22(29-5)21(28-4)14-17(18)9-7-16-8-10-19(26-2)20(13-16)27-3/h8,10,13-15H,7,9,11-12H2,1-6H3. The minimum Gasteiger partial charge on any atom is -0.493 e. The summed E-state index contributed by atoms with van der Waals surface area (Å²) in [6.45, 7) is 0.533. The van der Waals surface area contributed by atoms with Crippen molar-refractivity contribution in [2.75, 3.05) is 49.1 Å². The van der Waals surface area contributed by atoms with Gasteiger partial charge >= 0.3 is 6.09 Å². The molecule has 0 N–H and O–H groups in total. The van der Waals surface area contributed by atoms with Crippen molar-refractivity contribution >= 4 is 6.09 Å². The van der Waals surface area contributed by atoms with E-state index in [0.717, 1.165) is 29.5 Å². The summed E-state index contributed by atoms with van der Waals surface area (Å²) in [5, 5.41) is 0. The lowest BCUT2D eigenvalue weighted by Crippen LogP contribution is -2.28. The van der Waals surface area contributed by atoms with Crippen molar-refractivity contribution in [3.05, 3.63) is 47.0 Å². The quantitative estimate of drug-likeness (QED) is 0.587. The van der Waals surface area contributed by atoms with Gasteiger partial charge in [-0.05, 0) is 60.2 Å². The number of nitrogens with zero attached hydrogens (tertiary/aromatic N) is 1. The number of benzene rings is 2. The first-order valence-corrected chi connectivity index (χ1v) is 9.71. The second kappa shape index (κ2) is 11.2.